The van der Waals surface area contributed by atoms with Gasteiger partial charge in [-0.15, -0.1) is 0 Å². The number of benzene rings is 16. The summed E-state index contributed by atoms with van der Waals surface area (Å²) >= 11 is 6.78. The van der Waals surface area contributed by atoms with Gasteiger partial charge in [0.15, 0.2) is 22.0 Å². The largest absolute Gasteiger partial charge is 0.488 e. The van der Waals surface area contributed by atoms with E-state index in [-0.39, 0.29) is 16.1 Å². The van der Waals surface area contributed by atoms with Crippen molar-refractivity contribution in [3.05, 3.63) is 452 Å². The summed E-state index contributed by atoms with van der Waals surface area (Å²) in [5.41, 5.74) is 16.1. The summed E-state index contributed by atoms with van der Waals surface area (Å²) in [4.78, 5) is 36.2. The first-order valence-electron chi connectivity index (χ1n) is 49.2. The van der Waals surface area contributed by atoms with Crippen LogP contribution < -0.4 is 56.8 Å². The maximum absolute atomic E-state index is 9.80. The third kappa shape index (κ3) is 13.2. The van der Waals surface area contributed by atoms with Gasteiger partial charge in [-0.1, -0.05) is 376 Å². The van der Waals surface area contributed by atoms with Gasteiger partial charge in [0, 0.05) is 37.9 Å². The molecular formula is C122H100BClN10O2Si2. The predicted molar refractivity (Wildman–Crippen MR) is 567 cm³/mol. The minimum atomic E-state index is -2.87. The summed E-state index contributed by atoms with van der Waals surface area (Å²) in [7, 11) is -6.96. The van der Waals surface area contributed by atoms with Crippen LogP contribution in [0.1, 0.15) is 86.5 Å². The summed E-state index contributed by atoms with van der Waals surface area (Å²) in [6, 6.07) is 153. The average Bonchev–Trinajstić information content (AvgIpc) is 0.710. The van der Waals surface area contributed by atoms with Crippen LogP contribution in [0.3, 0.4) is 0 Å². The SMILES string of the molecule is Clc1nc(N2c3ccccc3C3(c4ccccc42)C2CC4CC(C2)CC3C4)nc(-n2c3ccccc3c3ccccc32)n1.OB(O)c1cccc([Si](c2ccccc2)(c2ccccc2)c2ccccc2)c1.c1ccc([Si](c2ccccc2)(c2ccccc2)c2cccc(-c3nc(N4c5ccccc5C5(c6ccccc64)C4CC6CC(C4)CC5C6)nc(-n4c5ccccc5c5ccccc54)n3)c2)cc1. The molecule has 30 rings (SSSR count). The predicted octanol–water partition coefficient (Wildman–Crippen LogP) is 21.4. The van der Waals surface area contributed by atoms with E-state index in [0.29, 0.717) is 58.8 Å². The van der Waals surface area contributed by atoms with Crippen LogP contribution in [0.25, 0.3) is 66.9 Å². The van der Waals surface area contributed by atoms with Crippen LogP contribution in [0.2, 0.25) is 5.28 Å². The van der Waals surface area contributed by atoms with Crippen LogP contribution >= 0.6 is 11.6 Å². The molecule has 20 aromatic rings. The molecule has 16 aromatic carbocycles. The van der Waals surface area contributed by atoms with Crippen LogP contribution in [0.4, 0.5) is 34.6 Å². The molecule has 2 aliphatic heterocycles. The fourth-order valence-corrected chi connectivity index (χ4v) is 37.9. The Morgan fingerprint density at radius 1 is 0.254 bits per heavy atom. The number of aromatic nitrogens is 8. The highest BCUT2D eigenvalue weighted by atomic mass is 35.5. The topological polar surface area (TPSA) is 134 Å². The van der Waals surface area contributed by atoms with Crippen molar-refractivity contribution in [2.75, 3.05) is 9.80 Å². The Bertz CT molecular complexity index is 7600. The van der Waals surface area contributed by atoms with Crippen LogP contribution in [0, 0.1) is 47.3 Å². The minimum Gasteiger partial charge on any atom is -0.423 e. The van der Waals surface area contributed by atoms with Crippen molar-refractivity contribution >= 4 is 160 Å². The second kappa shape index (κ2) is 34.0. The van der Waals surface area contributed by atoms with E-state index in [2.05, 4.69) is 407 Å². The molecule has 0 saturated heterocycles. The quantitative estimate of drug-likeness (QED) is 0.0800. The molecule has 668 valence electrons. The van der Waals surface area contributed by atoms with Gasteiger partial charge in [0.05, 0.1) is 44.8 Å². The second-order valence-corrected chi connectivity index (χ2v) is 47.5. The first-order chi connectivity index (χ1) is 68.1. The first-order valence-corrected chi connectivity index (χ1v) is 53.5. The van der Waals surface area contributed by atoms with Crippen LogP contribution in [0.15, 0.2) is 425 Å². The van der Waals surface area contributed by atoms with Gasteiger partial charge in [-0.3, -0.25) is 18.9 Å². The summed E-state index contributed by atoms with van der Waals surface area (Å²) < 4.78 is 4.37. The lowest BCUT2D eigenvalue weighted by Gasteiger charge is -2.64. The van der Waals surface area contributed by atoms with Crippen molar-refractivity contribution in [2.24, 2.45) is 47.3 Å². The zero-order valence-corrected chi connectivity index (χ0v) is 79.2. The number of nitrogens with zero attached hydrogens (tertiary/aromatic N) is 10. The number of rotatable bonds is 14. The lowest BCUT2D eigenvalue weighted by atomic mass is 9.41. The summed E-state index contributed by atoms with van der Waals surface area (Å²) in [5.74, 6) is 9.03. The summed E-state index contributed by atoms with van der Waals surface area (Å²) in [6.07, 6.45) is 13.5. The molecule has 4 aromatic heterocycles. The molecule has 6 heterocycles. The molecule has 8 aliphatic carbocycles. The molecule has 16 heteroatoms. The molecule has 0 atom stereocenters. The van der Waals surface area contributed by atoms with E-state index in [1.807, 2.05) is 30.3 Å². The summed E-state index contributed by atoms with van der Waals surface area (Å²) in [5, 5.41) is 34.6. The standard InChI is InChI=1S/C61H49N5Si.C37H30ClN5.C24H21BO2Si/c1-4-20-46(21-5-1)67(47-22-6-2-7-23-47,48-24-8-3-9-25-48)49-26-18-19-43(40-49)58-62-59(65-54-31-14-10-27-50(54)51-28-11-15-32-55(51)65)64-60(63-58)66-56-33-16-12-29-52(56)61(53-30-13-17-34-57(53)66)44-36-41-35-42(38-44)39-45(61)37-41;38-34-39-35(42-30-13-5-1-9-26(30)27-10-2-6-14-31(27)42)41-36(40-34)43-32-15-7-3-11-28(32)37(29-12-4-8-16-33(29)43)24-18-22-17-23(20-24)21-25(37)19-22;26-25(27)20-11-10-18-24(19-20)28(21-12-4-1-5-13-21,22-14-6-2-7-15-22)23-16-8-3-9-17-23/h1-34,40-42,44-45H,35-39H2;1-16,22-25H,17-21H2;1-19,26-27H. The van der Waals surface area contributed by atoms with Crippen molar-refractivity contribution < 1.29 is 10.0 Å². The van der Waals surface area contributed by atoms with Crippen molar-refractivity contribution in [3.8, 4) is 23.3 Å². The molecule has 10 aliphatic rings. The van der Waals surface area contributed by atoms with E-state index < -0.39 is 23.3 Å². The number of fused-ring (bicyclic) bond motifs is 10. The van der Waals surface area contributed by atoms with Crippen LogP contribution in [-0.2, 0) is 10.8 Å². The van der Waals surface area contributed by atoms with Gasteiger partial charge in [-0.25, -0.2) is 0 Å². The second-order valence-electron chi connectivity index (χ2n) is 39.6. The van der Waals surface area contributed by atoms with Gasteiger partial charge in [0.25, 0.3) is 0 Å². The molecule has 2 spiro atoms. The van der Waals surface area contributed by atoms with E-state index in [9.17, 15) is 10.0 Å². The maximum atomic E-state index is 9.80. The van der Waals surface area contributed by atoms with Crippen molar-refractivity contribution in [1.29, 1.82) is 0 Å². The Morgan fingerprint density at radius 3 is 0.848 bits per heavy atom. The molecule has 12 nitrogen and oxygen atoms in total. The Hall–Kier alpha value is -14.6. The number of halogens is 1. The molecule has 8 saturated carbocycles. The third-order valence-corrected chi connectivity index (χ3v) is 42.5. The molecule has 8 fully saturated rings. The van der Waals surface area contributed by atoms with E-state index >= 15 is 0 Å². The van der Waals surface area contributed by atoms with E-state index in [0.717, 1.165) is 67.3 Å². The van der Waals surface area contributed by atoms with Gasteiger partial charge < -0.3 is 10.0 Å². The highest BCUT2D eigenvalue weighted by Crippen LogP contribution is 2.71. The highest BCUT2D eigenvalue weighted by molar-refractivity contribution is 7.20. The molecule has 0 amide bonds. The molecule has 138 heavy (non-hydrogen) atoms. The van der Waals surface area contributed by atoms with E-state index in [1.165, 1.54) is 156 Å². The van der Waals surface area contributed by atoms with Crippen LogP contribution in [0.5, 0.6) is 0 Å². The van der Waals surface area contributed by atoms with E-state index in [4.69, 9.17) is 41.5 Å². The van der Waals surface area contributed by atoms with Gasteiger partial charge in [0.2, 0.25) is 29.1 Å². The van der Waals surface area contributed by atoms with E-state index in [1.54, 1.807) is 6.07 Å². The molecule has 2 N–H and O–H groups in total. The Kier molecular flexibility index (Phi) is 20.7. The van der Waals surface area contributed by atoms with Crippen molar-refractivity contribution in [1.82, 2.24) is 39.0 Å². The zero-order valence-electron chi connectivity index (χ0n) is 76.4. The lowest BCUT2D eigenvalue weighted by Crippen LogP contribution is -2.75. The molecular weight excluding hydrogens is 1740 g/mol. The number of hydrogen-bond acceptors (Lipinski definition) is 10. The minimum absolute atomic E-state index is 0.0305. The van der Waals surface area contributed by atoms with Gasteiger partial charge >= 0.3 is 7.12 Å². The van der Waals surface area contributed by atoms with Crippen molar-refractivity contribution in [2.45, 2.75) is 75.0 Å². The Balaban J connectivity index is 0.000000118. The van der Waals surface area contributed by atoms with Gasteiger partial charge in [0.1, 0.15) is 0 Å². The number of hydrogen-bond donors (Lipinski definition) is 2. The summed E-state index contributed by atoms with van der Waals surface area (Å²) in [6.45, 7) is 0. The smallest absolute Gasteiger partial charge is 0.423 e. The fourth-order valence-electron chi connectivity index (χ4n) is 28.1. The van der Waals surface area contributed by atoms with Gasteiger partial charge in [-0.2, -0.15) is 29.9 Å². The Labute approximate surface area is 811 Å². The fraction of sp³-hybridized carbons (Fsp3) is 0.164. The Morgan fingerprint density at radius 2 is 0.514 bits per heavy atom. The highest BCUT2D eigenvalue weighted by Gasteiger charge is 2.64. The monoisotopic (exact) mass is 1840 g/mol. The van der Waals surface area contributed by atoms with Crippen LogP contribution in [-0.4, -0.2) is 72.4 Å². The molecule has 0 unspecified atom stereocenters. The normalized spacial score (nSPS) is 19.6. The molecule has 8 bridgehead atoms. The van der Waals surface area contributed by atoms with Gasteiger partial charge in [-0.05, 0) is 241 Å². The average molecular weight is 1840 g/mol. The number of anilines is 6. The van der Waals surface area contributed by atoms with Crippen molar-refractivity contribution in [3.63, 3.8) is 0 Å². The third-order valence-electron chi connectivity index (χ3n) is 32.8. The first kappa shape index (κ1) is 84.0. The maximum Gasteiger partial charge on any atom is 0.488 e. The molecule has 0 radical (unpaired) electrons. The number of para-hydroxylation sites is 8. The lowest BCUT2D eigenvalue weighted by molar-refractivity contribution is -0.0419. The zero-order chi connectivity index (χ0) is 91.8.